The summed E-state index contributed by atoms with van der Waals surface area (Å²) in [6, 6.07) is 11.3. The Hall–Kier alpha value is -1.59. The van der Waals surface area contributed by atoms with Gasteiger partial charge in [-0.05, 0) is 52.0 Å². The number of rotatable bonds is 2. The number of phenolic OH excluding ortho intramolecular Hbond substituents is 1. The zero-order valence-corrected chi connectivity index (χ0v) is 14.4. The van der Waals surface area contributed by atoms with Crippen molar-refractivity contribution in [1.82, 2.24) is 9.47 Å². The fourth-order valence-corrected chi connectivity index (χ4v) is 4.46. The van der Waals surface area contributed by atoms with Crippen molar-refractivity contribution >= 4 is 15.9 Å². The lowest BCUT2D eigenvalue weighted by Gasteiger charge is -2.42. The van der Waals surface area contributed by atoms with Gasteiger partial charge in [-0.3, -0.25) is 9.69 Å². The third kappa shape index (κ3) is 2.83. The molecule has 0 radical (unpaired) electrons. The van der Waals surface area contributed by atoms with Crippen LogP contribution in [0.25, 0.3) is 0 Å². The van der Waals surface area contributed by atoms with Crippen LogP contribution in [-0.2, 0) is 13.1 Å². The molecule has 2 aliphatic heterocycles. The number of pyridine rings is 1. The second-order valence-electron chi connectivity index (χ2n) is 6.68. The van der Waals surface area contributed by atoms with E-state index in [0.717, 1.165) is 30.7 Å². The van der Waals surface area contributed by atoms with Crippen molar-refractivity contribution in [2.75, 3.05) is 13.1 Å². The number of likely N-dealkylation sites (tertiary alicyclic amines) is 1. The molecule has 2 aromatic rings. The summed E-state index contributed by atoms with van der Waals surface area (Å²) < 4.78 is 2.71. The number of halogens is 1. The average molecular weight is 375 g/mol. The van der Waals surface area contributed by atoms with Gasteiger partial charge < -0.3 is 9.67 Å². The molecule has 120 valence electrons. The van der Waals surface area contributed by atoms with E-state index >= 15 is 0 Å². The average Bonchev–Trinajstić information content (AvgIpc) is 2.52. The molecule has 1 N–H and O–H groups in total. The smallest absolute Gasteiger partial charge is 0.250 e. The second-order valence-corrected chi connectivity index (χ2v) is 7.53. The Morgan fingerprint density at radius 2 is 2.04 bits per heavy atom. The van der Waals surface area contributed by atoms with Crippen molar-refractivity contribution in [3.05, 3.63) is 62.5 Å². The summed E-state index contributed by atoms with van der Waals surface area (Å²) in [6.07, 6.45) is 1.18. The van der Waals surface area contributed by atoms with Crippen LogP contribution in [0, 0.1) is 5.92 Å². The molecule has 3 heterocycles. The van der Waals surface area contributed by atoms with E-state index in [1.54, 1.807) is 12.1 Å². The van der Waals surface area contributed by atoms with Crippen molar-refractivity contribution in [2.45, 2.75) is 25.4 Å². The molecule has 0 saturated carbocycles. The number of fused-ring (bicyclic) bond motifs is 4. The Bertz CT molecular complexity index is 802. The van der Waals surface area contributed by atoms with Crippen LogP contribution < -0.4 is 5.56 Å². The van der Waals surface area contributed by atoms with E-state index in [-0.39, 0.29) is 11.3 Å². The Kier molecular flexibility index (Phi) is 3.77. The zero-order chi connectivity index (χ0) is 16.0. The van der Waals surface area contributed by atoms with Crippen molar-refractivity contribution in [3.8, 4) is 5.75 Å². The molecule has 4 nitrogen and oxygen atoms in total. The molecule has 5 heteroatoms. The zero-order valence-electron chi connectivity index (χ0n) is 12.8. The van der Waals surface area contributed by atoms with Gasteiger partial charge in [-0.1, -0.05) is 12.1 Å². The van der Waals surface area contributed by atoms with Crippen molar-refractivity contribution < 1.29 is 5.11 Å². The van der Waals surface area contributed by atoms with Gasteiger partial charge in [-0.25, -0.2) is 0 Å². The van der Waals surface area contributed by atoms with Gasteiger partial charge in [0.2, 0.25) is 0 Å². The van der Waals surface area contributed by atoms with Crippen LogP contribution in [-0.4, -0.2) is 27.7 Å². The van der Waals surface area contributed by atoms with Gasteiger partial charge in [-0.15, -0.1) is 0 Å². The summed E-state index contributed by atoms with van der Waals surface area (Å²) >= 11 is 3.38. The molecule has 23 heavy (non-hydrogen) atoms. The summed E-state index contributed by atoms with van der Waals surface area (Å²) in [7, 11) is 0. The summed E-state index contributed by atoms with van der Waals surface area (Å²) in [5.74, 6) is 1.26. The number of aromatic nitrogens is 1. The number of hydrogen-bond acceptors (Lipinski definition) is 3. The van der Waals surface area contributed by atoms with Gasteiger partial charge in [0.25, 0.3) is 5.56 Å². The van der Waals surface area contributed by atoms with Crippen LogP contribution in [0.5, 0.6) is 5.75 Å². The topological polar surface area (TPSA) is 45.5 Å². The van der Waals surface area contributed by atoms with Crippen molar-refractivity contribution in [3.63, 3.8) is 0 Å². The number of phenols is 1. The maximum atomic E-state index is 12.1. The molecule has 0 spiro atoms. The van der Waals surface area contributed by atoms with Gasteiger partial charge in [0, 0.05) is 43.9 Å². The minimum absolute atomic E-state index is 0.133. The largest absolute Gasteiger partial charge is 0.507 e. The molecule has 1 fully saturated rings. The first-order chi connectivity index (χ1) is 11.1. The van der Waals surface area contributed by atoms with Crippen LogP contribution in [0.3, 0.4) is 0 Å². The molecule has 0 aliphatic carbocycles. The molecule has 1 aromatic heterocycles. The lowest BCUT2D eigenvalue weighted by molar-refractivity contribution is 0.114. The molecule has 1 saturated heterocycles. The van der Waals surface area contributed by atoms with Crippen molar-refractivity contribution in [1.29, 1.82) is 0 Å². The summed E-state index contributed by atoms with van der Waals surface area (Å²) in [5, 5.41) is 9.62. The van der Waals surface area contributed by atoms with Gasteiger partial charge in [0.15, 0.2) is 0 Å². The van der Waals surface area contributed by atoms with Gasteiger partial charge in [0.1, 0.15) is 5.75 Å². The second kappa shape index (κ2) is 5.80. The summed E-state index contributed by atoms with van der Waals surface area (Å²) in [4.78, 5) is 14.5. The van der Waals surface area contributed by atoms with E-state index in [0.29, 0.717) is 11.8 Å². The molecule has 2 atom stereocenters. The Morgan fingerprint density at radius 3 is 2.87 bits per heavy atom. The Balaban J connectivity index is 1.56. The molecule has 0 amide bonds. The van der Waals surface area contributed by atoms with E-state index in [1.807, 2.05) is 22.8 Å². The predicted molar refractivity (Wildman–Crippen MR) is 92.6 cm³/mol. The van der Waals surface area contributed by atoms with Crippen LogP contribution in [0.15, 0.2) is 45.7 Å². The fraction of sp³-hybridized carbons (Fsp3) is 0.389. The van der Waals surface area contributed by atoms with E-state index < -0.39 is 0 Å². The number of nitrogens with zero attached hydrogens (tertiary/aromatic N) is 2. The van der Waals surface area contributed by atoms with Crippen LogP contribution in [0.4, 0.5) is 0 Å². The van der Waals surface area contributed by atoms with Crippen LogP contribution >= 0.6 is 15.9 Å². The highest BCUT2D eigenvalue weighted by Gasteiger charge is 2.34. The summed E-state index contributed by atoms with van der Waals surface area (Å²) in [5.41, 5.74) is 2.51. The maximum absolute atomic E-state index is 12.1. The SMILES string of the molecule is O=c1cccc2n1C[C@H]1C[C@@H]2CN(Cc2ccc(O)c(Br)c2)C1. The Morgan fingerprint density at radius 1 is 1.17 bits per heavy atom. The molecular formula is C18H19BrN2O2. The number of piperidine rings is 1. The molecule has 2 aliphatic rings. The minimum Gasteiger partial charge on any atom is -0.507 e. The highest BCUT2D eigenvalue weighted by Crippen LogP contribution is 2.35. The van der Waals surface area contributed by atoms with Crippen molar-refractivity contribution in [2.24, 2.45) is 5.92 Å². The van der Waals surface area contributed by atoms with Gasteiger partial charge >= 0.3 is 0 Å². The predicted octanol–water partition coefficient (Wildman–Crippen LogP) is 2.94. The molecule has 1 aromatic carbocycles. The highest BCUT2D eigenvalue weighted by atomic mass is 79.9. The van der Waals surface area contributed by atoms with E-state index in [1.165, 1.54) is 17.7 Å². The molecule has 4 rings (SSSR count). The third-order valence-corrected chi connectivity index (χ3v) is 5.61. The lowest BCUT2D eigenvalue weighted by atomic mass is 9.83. The first kappa shape index (κ1) is 15.0. The summed E-state index contributed by atoms with van der Waals surface area (Å²) in [6.45, 7) is 3.72. The Labute approximate surface area is 143 Å². The lowest BCUT2D eigenvalue weighted by Crippen LogP contribution is -2.46. The van der Waals surface area contributed by atoms with Gasteiger partial charge in [-0.2, -0.15) is 0 Å². The number of aromatic hydroxyl groups is 1. The molecule has 0 unspecified atom stereocenters. The maximum Gasteiger partial charge on any atom is 0.250 e. The fourth-order valence-electron chi connectivity index (χ4n) is 4.03. The van der Waals surface area contributed by atoms with Crippen LogP contribution in [0.1, 0.15) is 23.6 Å². The van der Waals surface area contributed by atoms with E-state index in [2.05, 4.69) is 26.9 Å². The van der Waals surface area contributed by atoms with Gasteiger partial charge in [0.05, 0.1) is 4.47 Å². The standard InChI is InChI=1S/C18H19BrN2O2/c19-15-7-12(4-5-17(15)22)8-20-9-13-6-14(11-20)16-2-1-3-18(23)21(16)10-13/h1-5,7,13-14,22H,6,8-11H2/t13-,14+/m0/s1. The monoisotopic (exact) mass is 374 g/mol. The van der Waals surface area contributed by atoms with E-state index in [4.69, 9.17) is 0 Å². The molecular weight excluding hydrogens is 356 g/mol. The number of hydrogen-bond donors (Lipinski definition) is 1. The number of benzene rings is 1. The third-order valence-electron chi connectivity index (χ3n) is 4.97. The highest BCUT2D eigenvalue weighted by molar-refractivity contribution is 9.10. The van der Waals surface area contributed by atoms with E-state index in [9.17, 15) is 9.90 Å². The van der Waals surface area contributed by atoms with Crippen LogP contribution in [0.2, 0.25) is 0 Å². The minimum atomic E-state index is 0.133. The molecule has 2 bridgehead atoms. The first-order valence-corrected chi connectivity index (χ1v) is 8.79. The quantitative estimate of drug-likeness (QED) is 0.878. The first-order valence-electron chi connectivity index (χ1n) is 7.99. The normalized spacial score (nSPS) is 23.5.